The average molecular weight is 445 g/mol. The van der Waals surface area contributed by atoms with E-state index in [1.54, 1.807) is 28.1 Å². The molecule has 0 unspecified atom stereocenters. The number of ether oxygens (including phenoxy) is 1. The first-order chi connectivity index (χ1) is 14.9. The van der Waals surface area contributed by atoms with E-state index in [-0.39, 0.29) is 37.1 Å². The van der Waals surface area contributed by atoms with Gasteiger partial charge in [-0.1, -0.05) is 50.2 Å². The quantitative estimate of drug-likeness (QED) is 0.462. The van der Waals surface area contributed by atoms with Gasteiger partial charge < -0.3 is 14.5 Å². The Morgan fingerprint density at radius 3 is 2.29 bits per heavy atom. The van der Waals surface area contributed by atoms with Gasteiger partial charge in [0.1, 0.15) is 0 Å². The molecule has 0 atom stereocenters. The fraction of sp³-hybridized carbons (Fsp3) is 0.458. The van der Waals surface area contributed by atoms with Crippen molar-refractivity contribution in [2.24, 2.45) is 5.92 Å². The Morgan fingerprint density at radius 2 is 1.68 bits per heavy atom. The van der Waals surface area contributed by atoms with E-state index >= 15 is 0 Å². The molecule has 2 amide bonds. The Kier molecular flexibility index (Phi) is 10.2. The highest BCUT2D eigenvalue weighted by Crippen LogP contribution is 2.16. The van der Waals surface area contributed by atoms with Gasteiger partial charge in [0.2, 0.25) is 11.8 Å². The van der Waals surface area contributed by atoms with Gasteiger partial charge in [-0.05, 0) is 29.9 Å². The molecule has 1 aromatic carbocycles. The highest BCUT2D eigenvalue weighted by molar-refractivity contribution is 7.09. The van der Waals surface area contributed by atoms with E-state index in [0.717, 1.165) is 10.4 Å². The SMILES string of the molecule is CCOC(=O)CCC(=O)N(CC(=O)N(Cc1ccccc1)Cc1cccs1)CC(C)C. The minimum Gasteiger partial charge on any atom is -0.466 e. The highest BCUT2D eigenvalue weighted by atomic mass is 32.1. The van der Waals surface area contributed by atoms with Crippen LogP contribution in [-0.4, -0.2) is 47.3 Å². The maximum absolute atomic E-state index is 13.3. The van der Waals surface area contributed by atoms with E-state index in [1.165, 1.54) is 0 Å². The van der Waals surface area contributed by atoms with Crippen LogP contribution in [0.5, 0.6) is 0 Å². The summed E-state index contributed by atoms with van der Waals surface area (Å²) in [5.74, 6) is -0.498. The second-order valence-corrected chi connectivity index (χ2v) is 8.82. The van der Waals surface area contributed by atoms with Crippen molar-refractivity contribution < 1.29 is 19.1 Å². The van der Waals surface area contributed by atoms with Gasteiger partial charge in [-0.15, -0.1) is 11.3 Å². The molecule has 31 heavy (non-hydrogen) atoms. The van der Waals surface area contributed by atoms with Crippen LogP contribution in [0.15, 0.2) is 47.8 Å². The van der Waals surface area contributed by atoms with Crippen molar-refractivity contribution in [2.45, 2.75) is 46.7 Å². The first-order valence-electron chi connectivity index (χ1n) is 10.7. The normalized spacial score (nSPS) is 10.7. The molecular formula is C24H32N2O4S. The topological polar surface area (TPSA) is 66.9 Å². The Labute approximate surface area is 188 Å². The lowest BCUT2D eigenvalue weighted by atomic mass is 10.1. The molecule has 0 N–H and O–H groups in total. The molecule has 2 aromatic rings. The number of rotatable bonds is 12. The lowest BCUT2D eigenvalue weighted by molar-refractivity contribution is -0.146. The molecule has 6 nitrogen and oxygen atoms in total. The van der Waals surface area contributed by atoms with Gasteiger partial charge in [-0.25, -0.2) is 0 Å². The zero-order chi connectivity index (χ0) is 22.6. The molecule has 168 valence electrons. The van der Waals surface area contributed by atoms with Crippen molar-refractivity contribution in [3.8, 4) is 0 Å². The van der Waals surface area contributed by atoms with Crippen LogP contribution < -0.4 is 0 Å². The third kappa shape index (κ3) is 8.92. The summed E-state index contributed by atoms with van der Waals surface area (Å²) in [7, 11) is 0. The van der Waals surface area contributed by atoms with Crippen molar-refractivity contribution in [3.05, 3.63) is 58.3 Å². The Hall–Kier alpha value is -2.67. The number of esters is 1. The van der Waals surface area contributed by atoms with E-state index < -0.39 is 5.97 Å². The maximum Gasteiger partial charge on any atom is 0.306 e. The molecule has 7 heteroatoms. The number of hydrogen-bond donors (Lipinski definition) is 0. The van der Waals surface area contributed by atoms with Crippen LogP contribution in [0.4, 0.5) is 0 Å². The van der Waals surface area contributed by atoms with Crippen LogP contribution in [0, 0.1) is 5.92 Å². The Morgan fingerprint density at radius 1 is 0.935 bits per heavy atom. The predicted octanol–water partition coefficient (Wildman–Crippen LogP) is 4.10. The monoisotopic (exact) mass is 444 g/mol. The summed E-state index contributed by atoms with van der Waals surface area (Å²) in [6.07, 6.45) is 0.0703. The largest absolute Gasteiger partial charge is 0.466 e. The summed E-state index contributed by atoms with van der Waals surface area (Å²) in [6.45, 7) is 7.47. The smallest absolute Gasteiger partial charge is 0.306 e. The van der Waals surface area contributed by atoms with Crippen LogP contribution in [-0.2, 0) is 32.2 Å². The molecular weight excluding hydrogens is 412 g/mol. The van der Waals surface area contributed by atoms with Gasteiger partial charge in [-0.3, -0.25) is 14.4 Å². The van der Waals surface area contributed by atoms with E-state index in [4.69, 9.17) is 4.74 Å². The molecule has 0 saturated heterocycles. The van der Waals surface area contributed by atoms with Gasteiger partial charge in [0.05, 0.1) is 26.1 Å². The number of nitrogens with zero attached hydrogens (tertiary/aromatic N) is 2. The van der Waals surface area contributed by atoms with Crippen LogP contribution in [0.3, 0.4) is 0 Å². The molecule has 0 fully saturated rings. The summed E-state index contributed by atoms with van der Waals surface area (Å²) in [4.78, 5) is 42.1. The second-order valence-electron chi connectivity index (χ2n) is 7.79. The fourth-order valence-corrected chi connectivity index (χ4v) is 3.91. The first kappa shape index (κ1) is 24.6. The molecule has 0 aliphatic rings. The molecule has 2 rings (SSSR count). The zero-order valence-corrected chi connectivity index (χ0v) is 19.4. The van der Waals surface area contributed by atoms with Crippen LogP contribution in [0.1, 0.15) is 44.1 Å². The number of benzene rings is 1. The van der Waals surface area contributed by atoms with Crippen molar-refractivity contribution >= 4 is 29.1 Å². The van der Waals surface area contributed by atoms with Gasteiger partial charge >= 0.3 is 5.97 Å². The Bertz CT molecular complexity index is 821. The van der Waals surface area contributed by atoms with Crippen molar-refractivity contribution in [2.75, 3.05) is 19.7 Å². The maximum atomic E-state index is 13.3. The summed E-state index contributed by atoms with van der Waals surface area (Å²) in [5.41, 5.74) is 1.04. The molecule has 0 radical (unpaired) electrons. The predicted molar refractivity (Wildman–Crippen MR) is 122 cm³/mol. The second kappa shape index (κ2) is 12.9. The number of thiophene rings is 1. The minimum atomic E-state index is -0.393. The van der Waals surface area contributed by atoms with E-state index in [2.05, 4.69) is 0 Å². The van der Waals surface area contributed by atoms with Gasteiger partial charge in [-0.2, -0.15) is 0 Å². The molecule has 1 aromatic heterocycles. The summed E-state index contributed by atoms with van der Waals surface area (Å²) in [5, 5.41) is 1.99. The van der Waals surface area contributed by atoms with Gasteiger partial charge in [0.15, 0.2) is 0 Å². The van der Waals surface area contributed by atoms with E-state index in [1.807, 2.05) is 61.7 Å². The van der Waals surface area contributed by atoms with Crippen LogP contribution in [0.2, 0.25) is 0 Å². The summed E-state index contributed by atoms with van der Waals surface area (Å²) < 4.78 is 4.91. The van der Waals surface area contributed by atoms with Crippen molar-refractivity contribution in [1.29, 1.82) is 0 Å². The van der Waals surface area contributed by atoms with E-state index in [0.29, 0.717) is 26.2 Å². The number of carbonyl (C=O) groups is 3. The molecule has 0 aliphatic heterocycles. The van der Waals surface area contributed by atoms with Crippen molar-refractivity contribution in [3.63, 3.8) is 0 Å². The van der Waals surface area contributed by atoms with Gasteiger partial charge in [0, 0.05) is 24.4 Å². The summed E-state index contributed by atoms with van der Waals surface area (Å²) in [6, 6.07) is 13.8. The minimum absolute atomic E-state index is 0.00194. The zero-order valence-electron chi connectivity index (χ0n) is 18.6. The first-order valence-corrected chi connectivity index (χ1v) is 11.5. The van der Waals surface area contributed by atoms with Crippen LogP contribution in [0.25, 0.3) is 0 Å². The van der Waals surface area contributed by atoms with Crippen LogP contribution >= 0.6 is 11.3 Å². The molecule has 0 aliphatic carbocycles. The summed E-state index contributed by atoms with van der Waals surface area (Å²) >= 11 is 1.61. The number of hydrogen-bond acceptors (Lipinski definition) is 5. The fourth-order valence-electron chi connectivity index (χ4n) is 3.19. The van der Waals surface area contributed by atoms with E-state index in [9.17, 15) is 14.4 Å². The standard InChI is InChI=1S/C24H32N2O4S/c1-4-30-24(29)13-12-22(27)25(15-19(2)3)18-23(28)26(17-21-11-8-14-31-21)16-20-9-6-5-7-10-20/h5-11,14,19H,4,12-13,15-18H2,1-3H3. The van der Waals surface area contributed by atoms with Gasteiger partial charge in [0.25, 0.3) is 0 Å². The lowest BCUT2D eigenvalue weighted by Crippen LogP contribution is -2.43. The van der Waals surface area contributed by atoms with Crippen molar-refractivity contribution in [1.82, 2.24) is 9.80 Å². The Balaban J connectivity index is 2.09. The average Bonchev–Trinajstić information content (AvgIpc) is 3.25. The highest BCUT2D eigenvalue weighted by Gasteiger charge is 2.23. The molecule has 1 heterocycles. The lowest BCUT2D eigenvalue weighted by Gasteiger charge is -2.28. The number of carbonyl (C=O) groups excluding carboxylic acids is 3. The number of amides is 2. The molecule has 0 bridgehead atoms. The third-order valence-electron chi connectivity index (χ3n) is 4.61. The third-order valence-corrected chi connectivity index (χ3v) is 5.47. The molecule has 0 spiro atoms. The molecule has 0 saturated carbocycles.